The van der Waals surface area contributed by atoms with Crippen molar-refractivity contribution in [2.24, 2.45) is 0 Å². The van der Waals surface area contributed by atoms with E-state index in [4.69, 9.17) is 32.7 Å². The lowest BCUT2D eigenvalue weighted by Crippen LogP contribution is -2.42. The summed E-state index contributed by atoms with van der Waals surface area (Å²) in [5.74, 6) is 1.50. The fourth-order valence-electron chi connectivity index (χ4n) is 5.96. The van der Waals surface area contributed by atoms with Crippen LogP contribution in [0.2, 0.25) is 0 Å². The summed E-state index contributed by atoms with van der Waals surface area (Å²) >= 11 is 0. The predicted octanol–water partition coefficient (Wildman–Crippen LogP) is 7.48. The minimum Gasteiger partial charge on any atom is -0.497 e. The zero-order chi connectivity index (χ0) is 33.8. The van der Waals surface area contributed by atoms with E-state index in [1.165, 1.54) is 0 Å². The van der Waals surface area contributed by atoms with Gasteiger partial charge in [0.05, 0.1) is 46.5 Å². The van der Waals surface area contributed by atoms with E-state index in [9.17, 15) is 5.26 Å². The highest BCUT2D eigenvalue weighted by Crippen LogP contribution is 2.49. The Morgan fingerprint density at radius 3 is 1.91 bits per heavy atom. The molecule has 0 spiro atoms. The average molecular weight is 665 g/mol. The van der Waals surface area contributed by atoms with Gasteiger partial charge in [0.1, 0.15) is 35.4 Å². The zero-order valence-electron chi connectivity index (χ0n) is 28.6. The van der Waals surface area contributed by atoms with Gasteiger partial charge in [0.25, 0.3) is 8.53 Å². The summed E-state index contributed by atoms with van der Waals surface area (Å²) in [7, 11) is 1.78. The molecule has 254 valence electrons. The lowest BCUT2D eigenvalue weighted by Gasteiger charge is -2.39. The first kappa shape index (κ1) is 36.8. The standard InChI is InChI=1S/C37H49N2O7P/c1-8-42-34-25-43-35(36(34)46-47(45-24-12-23-38)39(27(2)3)28(4)5)26-44-37(29-13-10-9-11-14-29,30-15-19-32(40-6)20-16-30)31-17-21-33(41-7)22-18-31/h9-11,13-22,27-28,34-36H,8,12,24-26H2,1-7H3. The molecule has 0 amide bonds. The molecule has 0 saturated carbocycles. The highest BCUT2D eigenvalue weighted by atomic mass is 31.2. The molecule has 4 atom stereocenters. The van der Waals surface area contributed by atoms with Crippen LogP contribution in [0.5, 0.6) is 11.5 Å². The van der Waals surface area contributed by atoms with Crippen molar-refractivity contribution >= 4 is 8.53 Å². The monoisotopic (exact) mass is 664 g/mol. The summed E-state index contributed by atoms with van der Waals surface area (Å²) in [4.78, 5) is 0. The first-order valence-corrected chi connectivity index (χ1v) is 17.4. The quantitative estimate of drug-likeness (QED) is 0.0780. The van der Waals surface area contributed by atoms with Crippen molar-refractivity contribution in [1.82, 2.24) is 4.67 Å². The lowest BCUT2D eigenvalue weighted by atomic mass is 9.80. The fourth-order valence-corrected chi connectivity index (χ4v) is 7.75. The maximum atomic E-state index is 9.21. The Bertz CT molecular complexity index is 1330. The molecule has 4 rings (SSSR count). The van der Waals surface area contributed by atoms with E-state index in [0.29, 0.717) is 13.2 Å². The summed E-state index contributed by atoms with van der Waals surface area (Å²) < 4.78 is 46.1. The molecule has 0 radical (unpaired) electrons. The summed E-state index contributed by atoms with van der Waals surface area (Å²) in [6.07, 6.45) is -0.967. The molecule has 1 aliphatic heterocycles. The minimum atomic E-state index is -1.53. The number of hydrogen-bond acceptors (Lipinski definition) is 9. The molecule has 10 heteroatoms. The van der Waals surface area contributed by atoms with Crippen LogP contribution in [-0.4, -0.2) is 75.7 Å². The van der Waals surface area contributed by atoms with E-state index in [2.05, 4.69) is 50.6 Å². The number of nitriles is 1. The molecule has 47 heavy (non-hydrogen) atoms. The Hall–Kier alpha value is -3.06. The molecule has 3 aromatic carbocycles. The lowest BCUT2D eigenvalue weighted by molar-refractivity contribution is -0.0715. The molecule has 1 saturated heterocycles. The Labute approximate surface area is 281 Å². The van der Waals surface area contributed by atoms with Crippen LogP contribution in [0.15, 0.2) is 78.9 Å². The van der Waals surface area contributed by atoms with Gasteiger partial charge in [0.15, 0.2) is 0 Å². The highest BCUT2D eigenvalue weighted by molar-refractivity contribution is 7.44. The van der Waals surface area contributed by atoms with Gasteiger partial charge in [0, 0.05) is 18.7 Å². The molecule has 0 N–H and O–H groups in total. The normalized spacial score (nSPS) is 18.9. The van der Waals surface area contributed by atoms with Gasteiger partial charge in [-0.05, 0) is 75.6 Å². The SMILES string of the molecule is CCOC1COC(COC(c2ccccc2)(c2ccc(OC)cc2)c2ccc(OC)cc2)C1OP(OCCC#N)N(C(C)C)C(C)C. The first-order valence-electron chi connectivity index (χ1n) is 16.3. The fraction of sp³-hybridized carbons (Fsp3) is 0.486. The highest BCUT2D eigenvalue weighted by Gasteiger charge is 2.46. The zero-order valence-corrected chi connectivity index (χ0v) is 29.5. The maximum absolute atomic E-state index is 9.21. The number of hydrogen-bond donors (Lipinski definition) is 0. The van der Waals surface area contributed by atoms with E-state index in [1.807, 2.05) is 73.7 Å². The predicted molar refractivity (Wildman–Crippen MR) is 184 cm³/mol. The van der Waals surface area contributed by atoms with Crippen LogP contribution in [0.4, 0.5) is 0 Å². The minimum absolute atomic E-state index is 0.154. The summed E-state index contributed by atoms with van der Waals surface area (Å²) in [6, 6.07) is 28.6. The van der Waals surface area contributed by atoms with Gasteiger partial charge in [-0.25, -0.2) is 4.67 Å². The molecule has 9 nitrogen and oxygen atoms in total. The van der Waals surface area contributed by atoms with Gasteiger partial charge in [-0.2, -0.15) is 5.26 Å². The van der Waals surface area contributed by atoms with Crippen LogP contribution < -0.4 is 9.47 Å². The Morgan fingerprint density at radius 2 is 1.43 bits per heavy atom. The van der Waals surface area contributed by atoms with Crippen LogP contribution in [0.25, 0.3) is 0 Å². The van der Waals surface area contributed by atoms with E-state index >= 15 is 0 Å². The van der Waals surface area contributed by atoms with Crippen molar-refractivity contribution in [3.63, 3.8) is 0 Å². The van der Waals surface area contributed by atoms with Gasteiger partial charge in [-0.3, -0.25) is 0 Å². The van der Waals surface area contributed by atoms with Crippen molar-refractivity contribution in [2.75, 3.05) is 40.6 Å². The Morgan fingerprint density at radius 1 is 0.872 bits per heavy atom. The van der Waals surface area contributed by atoms with Crippen LogP contribution in [0.1, 0.15) is 57.7 Å². The third-order valence-electron chi connectivity index (χ3n) is 8.10. The van der Waals surface area contributed by atoms with Crippen molar-refractivity contribution < 1.29 is 32.7 Å². The number of rotatable bonds is 18. The summed E-state index contributed by atoms with van der Waals surface area (Å²) in [5.41, 5.74) is 1.81. The second-order valence-electron chi connectivity index (χ2n) is 11.8. The van der Waals surface area contributed by atoms with Crippen LogP contribution in [0.3, 0.4) is 0 Å². The average Bonchev–Trinajstić information content (AvgIpc) is 3.46. The van der Waals surface area contributed by atoms with E-state index in [-0.39, 0.29) is 37.8 Å². The number of nitrogens with zero attached hydrogens (tertiary/aromatic N) is 2. The molecular weight excluding hydrogens is 615 g/mol. The second-order valence-corrected chi connectivity index (χ2v) is 13.2. The molecule has 0 aliphatic carbocycles. The summed E-state index contributed by atoms with van der Waals surface area (Å²) in [6.45, 7) is 11.8. The molecule has 1 aliphatic rings. The Kier molecular flexibility index (Phi) is 14.0. The van der Waals surface area contributed by atoms with Crippen LogP contribution in [-0.2, 0) is 28.9 Å². The molecule has 1 fully saturated rings. The molecule has 1 heterocycles. The number of ether oxygens (including phenoxy) is 5. The molecule has 0 aromatic heterocycles. The molecular formula is C37H49N2O7P. The van der Waals surface area contributed by atoms with Crippen molar-refractivity contribution in [3.8, 4) is 17.6 Å². The smallest absolute Gasteiger partial charge is 0.259 e. The van der Waals surface area contributed by atoms with Crippen molar-refractivity contribution in [1.29, 1.82) is 5.26 Å². The number of benzene rings is 3. The molecule has 3 aromatic rings. The van der Waals surface area contributed by atoms with Gasteiger partial charge in [-0.1, -0.05) is 54.6 Å². The second kappa shape index (κ2) is 17.9. The van der Waals surface area contributed by atoms with Crippen molar-refractivity contribution in [3.05, 3.63) is 95.6 Å². The van der Waals surface area contributed by atoms with E-state index in [0.717, 1.165) is 28.2 Å². The third-order valence-corrected chi connectivity index (χ3v) is 10.2. The van der Waals surface area contributed by atoms with Crippen molar-refractivity contribution in [2.45, 2.75) is 77.0 Å². The molecule has 0 bridgehead atoms. The summed E-state index contributed by atoms with van der Waals surface area (Å²) in [5, 5.41) is 9.21. The van der Waals surface area contributed by atoms with Gasteiger partial charge >= 0.3 is 0 Å². The van der Waals surface area contributed by atoms with Gasteiger partial charge < -0.3 is 32.7 Å². The topological polar surface area (TPSA) is 91.6 Å². The molecule has 4 unspecified atom stereocenters. The Balaban J connectivity index is 1.75. The first-order chi connectivity index (χ1) is 22.8. The largest absolute Gasteiger partial charge is 0.497 e. The van der Waals surface area contributed by atoms with Gasteiger partial charge in [-0.15, -0.1) is 0 Å². The maximum Gasteiger partial charge on any atom is 0.259 e. The third kappa shape index (κ3) is 8.90. The number of methoxy groups -OCH3 is 2. The van der Waals surface area contributed by atoms with E-state index < -0.39 is 26.3 Å². The van der Waals surface area contributed by atoms with Crippen LogP contribution in [0, 0.1) is 11.3 Å². The van der Waals surface area contributed by atoms with Gasteiger partial charge in [0.2, 0.25) is 0 Å². The van der Waals surface area contributed by atoms with Crippen LogP contribution >= 0.6 is 8.53 Å². The van der Waals surface area contributed by atoms with E-state index in [1.54, 1.807) is 14.2 Å².